The lowest BCUT2D eigenvalue weighted by atomic mass is 9.94. The van der Waals surface area contributed by atoms with Crippen LogP contribution in [0.5, 0.6) is 0 Å². The van der Waals surface area contributed by atoms with Gasteiger partial charge >= 0.3 is 6.09 Å². The summed E-state index contributed by atoms with van der Waals surface area (Å²) in [5.74, 6) is 2.49. The Balaban J connectivity index is 2.30. The van der Waals surface area contributed by atoms with Crippen molar-refractivity contribution in [3.63, 3.8) is 0 Å². The van der Waals surface area contributed by atoms with E-state index in [-0.39, 0.29) is 12.2 Å². The zero-order chi connectivity index (χ0) is 16.5. The predicted octanol–water partition coefficient (Wildman–Crippen LogP) is 2.87. The molecule has 1 aromatic carbocycles. The minimum Gasteiger partial charge on any atom is -0.444 e. The topological polar surface area (TPSA) is 72.7 Å². The van der Waals surface area contributed by atoms with Crippen molar-refractivity contribution in [3.05, 3.63) is 38.9 Å². The molecule has 0 aromatic heterocycles. The van der Waals surface area contributed by atoms with Gasteiger partial charge in [-0.1, -0.05) is 5.92 Å². The average Bonchev–Trinajstić information content (AvgIpc) is 2.43. The molecule has 1 amide bonds. The Bertz CT molecular complexity index is 668. The molecule has 6 heteroatoms. The van der Waals surface area contributed by atoms with Crippen LogP contribution in [0.1, 0.15) is 37.5 Å². The van der Waals surface area contributed by atoms with Crippen LogP contribution in [0.15, 0.2) is 12.1 Å². The van der Waals surface area contributed by atoms with Crippen LogP contribution < -0.4 is 0 Å². The Labute approximate surface area is 129 Å². The first-order valence-electron chi connectivity index (χ1n) is 6.96. The lowest BCUT2D eigenvalue weighted by Crippen LogP contribution is -2.40. The smallest absolute Gasteiger partial charge is 0.410 e. The predicted molar refractivity (Wildman–Crippen MR) is 81.4 cm³/mol. The summed E-state index contributed by atoms with van der Waals surface area (Å²) in [5, 5.41) is 11.0. The third-order valence-electron chi connectivity index (χ3n) is 3.34. The minimum absolute atomic E-state index is 0.0576. The second-order valence-electron chi connectivity index (χ2n) is 6.18. The van der Waals surface area contributed by atoms with Crippen molar-refractivity contribution in [3.8, 4) is 12.3 Å². The van der Waals surface area contributed by atoms with Crippen LogP contribution in [0.25, 0.3) is 0 Å². The van der Waals surface area contributed by atoms with E-state index in [1.165, 1.54) is 17.0 Å². The largest absolute Gasteiger partial charge is 0.444 e. The Morgan fingerprint density at radius 3 is 2.68 bits per heavy atom. The van der Waals surface area contributed by atoms with Gasteiger partial charge < -0.3 is 9.64 Å². The number of benzene rings is 1. The Kier molecular flexibility index (Phi) is 4.09. The quantitative estimate of drug-likeness (QED) is 0.454. The number of fused-ring (bicyclic) bond motifs is 1. The number of nitro groups is 1. The van der Waals surface area contributed by atoms with Crippen LogP contribution in [0.2, 0.25) is 0 Å². The Hall–Kier alpha value is -2.55. The maximum Gasteiger partial charge on any atom is 0.410 e. The van der Waals surface area contributed by atoms with Gasteiger partial charge in [-0.25, -0.2) is 4.79 Å². The molecule has 1 aliphatic heterocycles. The summed E-state index contributed by atoms with van der Waals surface area (Å²) in [7, 11) is 0. The summed E-state index contributed by atoms with van der Waals surface area (Å²) in [6, 6.07) is 2.88. The number of hydrogen-bond acceptors (Lipinski definition) is 4. The van der Waals surface area contributed by atoms with E-state index in [9.17, 15) is 14.9 Å². The SMILES string of the molecule is C#Cc1cc([N+](=O)[O-])cc2c1CCN(C(=O)OC(C)(C)C)C2. The van der Waals surface area contributed by atoms with Crippen molar-refractivity contribution < 1.29 is 14.5 Å². The number of carbonyl (C=O) groups excluding carboxylic acids is 1. The first kappa shape index (κ1) is 15.8. The molecule has 0 saturated carbocycles. The van der Waals surface area contributed by atoms with Crippen molar-refractivity contribution in [2.75, 3.05) is 6.54 Å². The highest BCUT2D eigenvalue weighted by molar-refractivity contribution is 5.69. The molecule has 0 radical (unpaired) electrons. The highest BCUT2D eigenvalue weighted by atomic mass is 16.6. The molecule has 0 aliphatic carbocycles. The second kappa shape index (κ2) is 5.68. The lowest BCUT2D eigenvalue weighted by Gasteiger charge is -2.31. The van der Waals surface area contributed by atoms with E-state index in [1.807, 2.05) is 0 Å². The van der Waals surface area contributed by atoms with E-state index < -0.39 is 16.6 Å². The number of carbonyl (C=O) groups is 1. The number of nitro benzene ring substituents is 1. The maximum atomic E-state index is 12.1. The summed E-state index contributed by atoms with van der Waals surface area (Å²) in [6.45, 7) is 6.13. The number of ether oxygens (including phenoxy) is 1. The Morgan fingerprint density at radius 1 is 1.45 bits per heavy atom. The first-order valence-corrected chi connectivity index (χ1v) is 6.96. The first-order chi connectivity index (χ1) is 10.2. The normalized spacial score (nSPS) is 14.0. The number of hydrogen-bond donors (Lipinski definition) is 0. The van der Waals surface area contributed by atoms with Gasteiger partial charge in [-0.15, -0.1) is 6.42 Å². The summed E-state index contributed by atoms with van der Waals surface area (Å²) < 4.78 is 5.34. The van der Waals surface area contributed by atoms with E-state index >= 15 is 0 Å². The molecule has 0 N–H and O–H groups in total. The highest BCUT2D eigenvalue weighted by Crippen LogP contribution is 2.28. The second-order valence-corrected chi connectivity index (χ2v) is 6.18. The zero-order valence-electron chi connectivity index (χ0n) is 12.9. The van der Waals surface area contributed by atoms with Gasteiger partial charge in [0.1, 0.15) is 5.60 Å². The van der Waals surface area contributed by atoms with Crippen LogP contribution >= 0.6 is 0 Å². The summed E-state index contributed by atoms with van der Waals surface area (Å²) in [5.41, 5.74) is 1.49. The van der Waals surface area contributed by atoms with E-state index in [2.05, 4.69) is 5.92 Å². The van der Waals surface area contributed by atoms with E-state index in [4.69, 9.17) is 11.2 Å². The van der Waals surface area contributed by atoms with Crippen molar-refractivity contribution in [1.82, 2.24) is 4.90 Å². The fourth-order valence-corrected chi connectivity index (χ4v) is 2.40. The molecule has 0 spiro atoms. The molecule has 0 saturated heterocycles. The number of terminal acetylenes is 1. The minimum atomic E-state index is -0.579. The van der Waals surface area contributed by atoms with Gasteiger partial charge in [-0.3, -0.25) is 10.1 Å². The highest BCUT2D eigenvalue weighted by Gasteiger charge is 2.28. The van der Waals surface area contributed by atoms with Gasteiger partial charge in [0.15, 0.2) is 0 Å². The fraction of sp³-hybridized carbons (Fsp3) is 0.438. The molecule has 6 nitrogen and oxygen atoms in total. The molecule has 1 heterocycles. The number of nitrogens with zero attached hydrogens (tertiary/aromatic N) is 2. The van der Waals surface area contributed by atoms with Crippen LogP contribution in [0, 0.1) is 22.5 Å². The molecular weight excluding hydrogens is 284 g/mol. The van der Waals surface area contributed by atoms with Gasteiger partial charge in [-0.05, 0) is 38.3 Å². The van der Waals surface area contributed by atoms with Gasteiger partial charge in [0.25, 0.3) is 5.69 Å². The molecule has 2 rings (SSSR count). The third-order valence-corrected chi connectivity index (χ3v) is 3.34. The molecule has 0 unspecified atom stereocenters. The molecule has 22 heavy (non-hydrogen) atoms. The molecule has 1 aromatic rings. The van der Waals surface area contributed by atoms with E-state index in [0.717, 1.165) is 5.56 Å². The number of amides is 1. The van der Waals surface area contributed by atoms with Crippen molar-refractivity contribution in [1.29, 1.82) is 0 Å². The van der Waals surface area contributed by atoms with E-state index in [1.54, 1.807) is 20.8 Å². The van der Waals surface area contributed by atoms with Gasteiger partial charge in [0.2, 0.25) is 0 Å². The molecular formula is C16H18N2O4. The lowest BCUT2D eigenvalue weighted by molar-refractivity contribution is -0.385. The van der Waals surface area contributed by atoms with Crippen LogP contribution in [0.3, 0.4) is 0 Å². The molecule has 1 aliphatic rings. The number of non-ortho nitro benzene ring substituents is 1. The molecule has 0 atom stereocenters. The molecule has 116 valence electrons. The Morgan fingerprint density at radius 2 is 2.14 bits per heavy atom. The van der Waals surface area contributed by atoms with Gasteiger partial charge in [0.05, 0.1) is 4.92 Å². The zero-order valence-corrected chi connectivity index (χ0v) is 12.9. The summed E-state index contributed by atoms with van der Waals surface area (Å²) >= 11 is 0. The average molecular weight is 302 g/mol. The summed E-state index contributed by atoms with van der Waals surface area (Å²) in [4.78, 5) is 24.2. The monoisotopic (exact) mass is 302 g/mol. The third kappa shape index (κ3) is 3.37. The summed E-state index contributed by atoms with van der Waals surface area (Å²) in [6.07, 6.45) is 5.58. The van der Waals surface area contributed by atoms with E-state index in [0.29, 0.717) is 24.1 Å². The van der Waals surface area contributed by atoms with Crippen molar-refractivity contribution in [2.45, 2.75) is 39.3 Å². The molecule has 0 bridgehead atoms. The van der Waals surface area contributed by atoms with Gasteiger partial charge in [-0.2, -0.15) is 0 Å². The van der Waals surface area contributed by atoms with Crippen LogP contribution in [-0.2, 0) is 17.7 Å². The van der Waals surface area contributed by atoms with Crippen molar-refractivity contribution in [2.24, 2.45) is 0 Å². The molecule has 0 fully saturated rings. The maximum absolute atomic E-state index is 12.1. The van der Waals surface area contributed by atoms with Crippen LogP contribution in [-0.4, -0.2) is 28.1 Å². The number of rotatable bonds is 1. The fourth-order valence-electron chi connectivity index (χ4n) is 2.40. The van der Waals surface area contributed by atoms with Crippen molar-refractivity contribution >= 4 is 11.8 Å². The van der Waals surface area contributed by atoms with Crippen LogP contribution in [0.4, 0.5) is 10.5 Å². The standard InChI is InChI=1S/C16H18N2O4/c1-5-11-8-13(18(20)21)9-12-10-17(7-6-14(11)12)15(19)22-16(2,3)4/h1,8-9H,6-7,10H2,2-4H3. The van der Waals surface area contributed by atoms with Gasteiger partial charge in [0, 0.05) is 30.8 Å².